The van der Waals surface area contributed by atoms with Crippen molar-refractivity contribution in [3.8, 4) is 11.5 Å². The maximum atomic E-state index is 13.9. The first-order valence-corrected chi connectivity index (χ1v) is 14.3. The number of hydrogen-bond acceptors (Lipinski definition) is 6. The van der Waals surface area contributed by atoms with Crippen LogP contribution in [-0.2, 0) is 32.6 Å². The lowest BCUT2D eigenvalue weighted by molar-refractivity contribution is -0.139. The third-order valence-corrected chi connectivity index (χ3v) is 7.51. The number of benzene rings is 3. The maximum absolute atomic E-state index is 13.9. The highest BCUT2D eigenvalue weighted by atomic mass is 35.5. The Labute approximate surface area is 234 Å². The summed E-state index contributed by atoms with van der Waals surface area (Å²) in [5.74, 6) is -0.220. The molecule has 0 aromatic heterocycles. The average molecular weight is 574 g/mol. The van der Waals surface area contributed by atoms with E-state index < -0.39 is 28.5 Å². The number of sulfonamides is 1. The first kappa shape index (κ1) is 29.8. The minimum absolute atomic E-state index is 0.0600. The molecule has 0 heterocycles. The van der Waals surface area contributed by atoms with E-state index in [9.17, 15) is 18.0 Å². The van der Waals surface area contributed by atoms with Crippen LogP contribution in [0.1, 0.15) is 11.1 Å². The molecule has 1 unspecified atom stereocenters. The Balaban J connectivity index is 2.04. The molecule has 0 saturated carbocycles. The number of hydrogen-bond donors (Lipinski definition) is 1. The second kappa shape index (κ2) is 13.3. The van der Waals surface area contributed by atoms with Crippen LogP contribution in [0.15, 0.2) is 72.8 Å². The molecule has 3 aromatic carbocycles. The van der Waals surface area contributed by atoms with Gasteiger partial charge in [0, 0.05) is 31.1 Å². The summed E-state index contributed by atoms with van der Waals surface area (Å²) in [7, 11) is 0.491. The Morgan fingerprint density at radius 1 is 0.923 bits per heavy atom. The van der Waals surface area contributed by atoms with Gasteiger partial charge < -0.3 is 19.7 Å². The van der Waals surface area contributed by atoms with Crippen LogP contribution in [0.4, 0.5) is 5.69 Å². The molecule has 0 aliphatic heterocycles. The first-order valence-electron chi connectivity index (χ1n) is 12.1. The SMILES string of the molecule is CNC(=O)C(Cc1ccccc1)N(Cc1ccc(Cl)cc1)C(=O)CN(c1ccc(OC)c(OC)c1)S(C)(=O)=O. The Morgan fingerprint density at radius 2 is 1.56 bits per heavy atom. The standard InChI is InChI=1S/C28H32ClN3O6S/c1-30-28(34)24(16-20-8-6-5-7-9-20)31(18-21-10-12-22(29)13-11-21)27(33)19-32(39(4,35)36)23-14-15-25(37-2)26(17-23)38-3/h5-15,17,24H,16,18-19H2,1-4H3,(H,30,34). The van der Waals surface area contributed by atoms with E-state index in [1.807, 2.05) is 30.3 Å². The summed E-state index contributed by atoms with van der Waals surface area (Å²) in [5, 5.41) is 3.17. The van der Waals surface area contributed by atoms with Crippen LogP contribution in [0.3, 0.4) is 0 Å². The van der Waals surface area contributed by atoms with Crippen molar-refractivity contribution >= 4 is 39.1 Å². The number of amides is 2. The van der Waals surface area contributed by atoms with Gasteiger partial charge >= 0.3 is 0 Å². The van der Waals surface area contributed by atoms with Crippen LogP contribution < -0.4 is 19.1 Å². The molecule has 208 valence electrons. The van der Waals surface area contributed by atoms with E-state index in [0.29, 0.717) is 16.5 Å². The molecule has 2 amide bonds. The maximum Gasteiger partial charge on any atom is 0.244 e. The Bertz CT molecular complexity index is 1380. The number of likely N-dealkylation sites (N-methyl/N-ethyl adjacent to an activating group) is 1. The van der Waals surface area contributed by atoms with Gasteiger partial charge in [0.2, 0.25) is 21.8 Å². The zero-order valence-electron chi connectivity index (χ0n) is 22.3. The van der Waals surface area contributed by atoms with Gasteiger partial charge in [0.05, 0.1) is 26.2 Å². The molecule has 1 atom stereocenters. The number of rotatable bonds is 12. The van der Waals surface area contributed by atoms with Gasteiger partial charge in [-0.2, -0.15) is 0 Å². The quantitative estimate of drug-likeness (QED) is 0.355. The molecule has 39 heavy (non-hydrogen) atoms. The number of carbonyl (C=O) groups is 2. The Hall–Kier alpha value is -3.76. The fraction of sp³-hybridized carbons (Fsp3) is 0.286. The summed E-state index contributed by atoms with van der Waals surface area (Å²) >= 11 is 6.05. The fourth-order valence-corrected chi connectivity index (χ4v) is 5.07. The van der Waals surface area contributed by atoms with Crippen LogP contribution in [0.2, 0.25) is 5.02 Å². The Kier molecular flexibility index (Phi) is 10.2. The van der Waals surface area contributed by atoms with Crippen LogP contribution in [-0.4, -0.2) is 65.2 Å². The number of carbonyl (C=O) groups excluding carboxylic acids is 2. The number of nitrogens with one attached hydrogen (secondary N) is 1. The summed E-state index contributed by atoms with van der Waals surface area (Å²) in [4.78, 5) is 28.5. The molecule has 11 heteroatoms. The molecule has 3 aromatic rings. The van der Waals surface area contributed by atoms with Crippen LogP contribution >= 0.6 is 11.6 Å². The largest absolute Gasteiger partial charge is 0.493 e. The molecule has 3 rings (SSSR count). The lowest BCUT2D eigenvalue weighted by Crippen LogP contribution is -2.52. The molecule has 0 bridgehead atoms. The van der Waals surface area contributed by atoms with Gasteiger partial charge in [-0.1, -0.05) is 54.1 Å². The normalized spacial score (nSPS) is 11.8. The van der Waals surface area contributed by atoms with Crippen molar-refractivity contribution in [2.24, 2.45) is 0 Å². The summed E-state index contributed by atoms with van der Waals surface area (Å²) in [6.07, 6.45) is 1.25. The number of ether oxygens (including phenoxy) is 2. The van der Waals surface area contributed by atoms with Gasteiger partial charge in [-0.05, 0) is 35.4 Å². The molecule has 0 saturated heterocycles. The van der Waals surface area contributed by atoms with Crippen LogP contribution in [0.5, 0.6) is 11.5 Å². The molecule has 0 aliphatic rings. The minimum Gasteiger partial charge on any atom is -0.493 e. The smallest absolute Gasteiger partial charge is 0.244 e. The van der Waals surface area contributed by atoms with E-state index in [1.165, 1.54) is 38.3 Å². The zero-order chi connectivity index (χ0) is 28.6. The molecule has 0 spiro atoms. The monoisotopic (exact) mass is 573 g/mol. The van der Waals surface area contributed by atoms with Gasteiger partial charge in [0.1, 0.15) is 12.6 Å². The zero-order valence-corrected chi connectivity index (χ0v) is 23.8. The van der Waals surface area contributed by atoms with Crippen LogP contribution in [0, 0.1) is 0 Å². The molecule has 0 radical (unpaired) electrons. The van der Waals surface area contributed by atoms with Gasteiger partial charge in [-0.15, -0.1) is 0 Å². The lowest BCUT2D eigenvalue weighted by Gasteiger charge is -2.33. The Morgan fingerprint density at radius 3 is 2.13 bits per heavy atom. The summed E-state index contributed by atoms with van der Waals surface area (Å²) < 4.78 is 37.3. The van der Waals surface area contributed by atoms with Crippen molar-refractivity contribution in [3.05, 3.63) is 88.9 Å². The lowest BCUT2D eigenvalue weighted by atomic mass is 10.0. The van der Waals surface area contributed by atoms with Crippen molar-refractivity contribution in [3.63, 3.8) is 0 Å². The fourth-order valence-electron chi connectivity index (χ4n) is 4.10. The summed E-state index contributed by atoms with van der Waals surface area (Å²) in [6, 6.07) is 19.9. The number of nitrogens with zero attached hydrogens (tertiary/aromatic N) is 2. The highest BCUT2D eigenvalue weighted by molar-refractivity contribution is 7.92. The van der Waals surface area contributed by atoms with E-state index in [2.05, 4.69) is 5.32 Å². The van der Waals surface area contributed by atoms with E-state index >= 15 is 0 Å². The van der Waals surface area contributed by atoms with Crippen molar-refractivity contribution in [2.45, 2.75) is 19.0 Å². The van der Waals surface area contributed by atoms with Crippen LogP contribution in [0.25, 0.3) is 0 Å². The van der Waals surface area contributed by atoms with Gasteiger partial charge in [-0.3, -0.25) is 13.9 Å². The highest BCUT2D eigenvalue weighted by Crippen LogP contribution is 2.32. The molecular weight excluding hydrogens is 542 g/mol. The van der Waals surface area contributed by atoms with E-state index in [4.69, 9.17) is 21.1 Å². The summed E-state index contributed by atoms with van der Waals surface area (Å²) in [6.45, 7) is -0.478. The molecule has 0 fully saturated rings. The number of anilines is 1. The molecule has 0 aliphatic carbocycles. The van der Waals surface area contributed by atoms with E-state index in [-0.39, 0.29) is 24.6 Å². The molecule has 1 N–H and O–H groups in total. The predicted molar refractivity (Wildman–Crippen MR) is 152 cm³/mol. The van der Waals surface area contributed by atoms with E-state index in [0.717, 1.165) is 21.7 Å². The molecular formula is C28H32ClN3O6S. The highest BCUT2D eigenvalue weighted by Gasteiger charge is 2.32. The number of methoxy groups -OCH3 is 2. The van der Waals surface area contributed by atoms with Crippen molar-refractivity contribution in [1.82, 2.24) is 10.2 Å². The van der Waals surface area contributed by atoms with Crippen molar-refractivity contribution in [2.75, 3.05) is 38.4 Å². The van der Waals surface area contributed by atoms with Gasteiger partial charge in [0.15, 0.2) is 11.5 Å². The topological polar surface area (TPSA) is 105 Å². The van der Waals surface area contributed by atoms with E-state index in [1.54, 1.807) is 30.3 Å². The molecule has 9 nitrogen and oxygen atoms in total. The minimum atomic E-state index is -3.91. The second-order valence-corrected chi connectivity index (χ2v) is 11.1. The van der Waals surface area contributed by atoms with Crippen molar-refractivity contribution < 1.29 is 27.5 Å². The average Bonchev–Trinajstić information content (AvgIpc) is 2.93. The first-order chi connectivity index (χ1) is 18.6. The second-order valence-electron chi connectivity index (χ2n) is 8.78. The summed E-state index contributed by atoms with van der Waals surface area (Å²) in [5.41, 5.74) is 1.79. The van der Waals surface area contributed by atoms with Gasteiger partial charge in [0.25, 0.3) is 0 Å². The van der Waals surface area contributed by atoms with Gasteiger partial charge in [-0.25, -0.2) is 8.42 Å². The number of halogens is 1. The predicted octanol–water partition coefficient (Wildman–Crippen LogP) is 3.51. The third-order valence-electron chi connectivity index (χ3n) is 6.12. The third kappa shape index (κ3) is 7.87. The van der Waals surface area contributed by atoms with Crippen molar-refractivity contribution in [1.29, 1.82) is 0 Å².